The number of amides is 1. The summed E-state index contributed by atoms with van der Waals surface area (Å²) in [6, 6.07) is 17.5. The number of rotatable bonds is 6. The topological polar surface area (TPSA) is 96.3 Å². The minimum Gasteiger partial charge on any atom is -0.497 e. The van der Waals surface area contributed by atoms with Crippen LogP contribution in [-0.2, 0) is 0 Å². The highest BCUT2D eigenvalue weighted by Crippen LogP contribution is 2.31. The van der Waals surface area contributed by atoms with E-state index in [9.17, 15) is 4.79 Å². The Hall–Kier alpha value is -4.05. The van der Waals surface area contributed by atoms with Crippen LogP contribution in [0.25, 0.3) is 0 Å². The molecule has 0 aliphatic heterocycles. The van der Waals surface area contributed by atoms with Crippen LogP contribution in [0.2, 0.25) is 0 Å². The molecule has 0 saturated heterocycles. The molecule has 0 radical (unpaired) electrons. The first-order valence-corrected chi connectivity index (χ1v) is 8.39. The Morgan fingerprint density at radius 2 is 1.93 bits per heavy atom. The molecule has 0 bridgehead atoms. The molecule has 0 saturated carbocycles. The van der Waals surface area contributed by atoms with E-state index in [1.165, 1.54) is 6.20 Å². The van der Waals surface area contributed by atoms with Crippen molar-refractivity contribution in [3.8, 4) is 17.6 Å². The summed E-state index contributed by atoms with van der Waals surface area (Å²) in [4.78, 5) is 16.7. The molecule has 3 aromatic rings. The van der Waals surface area contributed by atoms with Gasteiger partial charge in [-0.1, -0.05) is 6.07 Å². The fraction of sp³-hybridized carbons (Fsp3) is 0.0952. The standard InChI is InChI=1S/C21H18N4O3/c1-27-17-7-8-19(28-2)18(11-17)25-20-9-6-15(13-23-20)21(26)24-16-5-3-4-14(10-16)12-22/h3-11,13H,1-2H3,(H,23,25)(H,24,26). The second kappa shape index (κ2) is 8.56. The monoisotopic (exact) mass is 374 g/mol. The molecular formula is C21H18N4O3. The van der Waals surface area contributed by atoms with Crippen molar-refractivity contribution >= 4 is 23.1 Å². The zero-order chi connectivity index (χ0) is 19.9. The second-order valence-electron chi connectivity index (χ2n) is 5.77. The van der Waals surface area contributed by atoms with E-state index in [0.29, 0.717) is 39.8 Å². The maximum Gasteiger partial charge on any atom is 0.257 e. The Bertz CT molecular complexity index is 1030. The largest absolute Gasteiger partial charge is 0.497 e. The Morgan fingerprint density at radius 1 is 1.07 bits per heavy atom. The third-order valence-corrected chi connectivity index (χ3v) is 3.94. The van der Waals surface area contributed by atoms with Crippen LogP contribution in [0.5, 0.6) is 11.5 Å². The van der Waals surface area contributed by atoms with Gasteiger partial charge < -0.3 is 20.1 Å². The van der Waals surface area contributed by atoms with Gasteiger partial charge in [0.15, 0.2) is 0 Å². The van der Waals surface area contributed by atoms with E-state index < -0.39 is 0 Å². The van der Waals surface area contributed by atoms with Gasteiger partial charge in [-0.3, -0.25) is 4.79 Å². The highest BCUT2D eigenvalue weighted by atomic mass is 16.5. The zero-order valence-corrected chi connectivity index (χ0v) is 15.4. The van der Waals surface area contributed by atoms with E-state index in [2.05, 4.69) is 15.6 Å². The quantitative estimate of drug-likeness (QED) is 0.678. The van der Waals surface area contributed by atoms with Crippen molar-refractivity contribution in [1.82, 2.24) is 4.98 Å². The Morgan fingerprint density at radius 3 is 2.61 bits per heavy atom. The number of ether oxygens (including phenoxy) is 2. The summed E-state index contributed by atoms with van der Waals surface area (Å²) >= 11 is 0. The van der Waals surface area contributed by atoms with Gasteiger partial charge in [-0.15, -0.1) is 0 Å². The SMILES string of the molecule is COc1ccc(OC)c(Nc2ccc(C(=O)Nc3cccc(C#N)c3)cn2)c1. The van der Waals surface area contributed by atoms with Gasteiger partial charge in [-0.05, 0) is 42.5 Å². The van der Waals surface area contributed by atoms with Gasteiger partial charge in [0.05, 0.1) is 37.1 Å². The Labute approximate surface area is 162 Å². The first kappa shape index (κ1) is 18.7. The van der Waals surface area contributed by atoms with Crippen molar-refractivity contribution in [1.29, 1.82) is 5.26 Å². The minimum atomic E-state index is -0.312. The zero-order valence-electron chi connectivity index (χ0n) is 15.4. The van der Waals surface area contributed by atoms with Gasteiger partial charge >= 0.3 is 0 Å². The lowest BCUT2D eigenvalue weighted by Gasteiger charge is -2.12. The van der Waals surface area contributed by atoms with Crippen LogP contribution in [0, 0.1) is 11.3 Å². The predicted molar refractivity (Wildman–Crippen MR) is 106 cm³/mol. The fourth-order valence-electron chi connectivity index (χ4n) is 2.52. The first-order chi connectivity index (χ1) is 13.6. The molecule has 7 nitrogen and oxygen atoms in total. The summed E-state index contributed by atoms with van der Waals surface area (Å²) in [5.74, 6) is 1.56. The van der Waals surface area contributed by atoms with Crippen LogP contribution in [0.1, 0.15) is 15.9 Å². The summed E-state index contributed by atoms with van der Waals surface area (Å²) in [6.07, 6.45) is 1.47. The molecule has 7 heteroatoms. The predicted octanol–water partition coefficient (Wildman–Crippen LogP) is 3.97. The Balaban J connectivity index is 1.73. The summed E-state index contributed by atoms with van der Waals surface area (Å²) < 4.78 is 10.6. The molecule has 0 aliphatic rings. The highest BCUT2D eigenvalue weighted by Gasteiger charge is 2.09. The summed E-state index contributed by atoms with van der Waals surface area (Å²) in [7, 11) is 3.17. The molecule has 2 N–H and O–H groups in total. The lowest BCUT2D eigenvalue weighted by atomic mass is 10.2. The van der Waals surface area contributed by atoms with Crippen LogP contribution in [0.4, 0.5) is 17.2 Å². The van der Waals surface area contributed by atoms with Gasteiger partial charge in [-0.25, -0.2) is 4.98 Å². The second-order valence-corrected chi connectivity index (χ2v) is 5.77. The highest BCUT2D eigenvalue weighted by molar-refractivity contribution is 6.04. The van der Waals surface area contributed by atoms with Crippen molar-refractivity contribution in [3.63, 3.8) is 0 Å². The van der Waals surface area contributed by atoms with Crippen LogP contribution < -0.4 is 20.1 Å². The Kier molecular flexibility index (Phi) is 5.72. The van der Waals surface area contributed by atoms with Gasteiger partial charge in [0.1, 0.15) is 17.3 Å². The molecule has 140 valence electrons. The normalized spacial score (nSPS) is 9.89. The number of pyridine rings is 1. The molecule has 0 spiro atoms. The lowest BCUT2D eigenvalue weighted by Crippen LogP contribution is -2.12. The fourth-order valence-corrected chi connectivity index (χ4v) is 2.52. The van der Waals surface area contributed by atoms with Crippen molar-refractivity contribution in [3.05, 3.63) is 71.9 Å². The number of nitriles is 1. The van der Waals surface area contributed by atoms with E-state index in [-0.39, 0.29) is 5.91 Å². The molecule has 28 heavy (non-hydrogen) atoms. The summed E-state index contributed by atoms with van der Waals surface area (Å²) in [5.41, 5.74) is 2.11. The number of aromatic nitrogens is 1. The molecule has 1 aromatic heterocycles. The van der Waals surface area contributed by atoms with E-state index in [1.807, 2.05) is 6.07 Å². The number of hydrogen-bond acceptors (Lipinski definition) is 6. The molecule has 1 amide bonds. The minimum absolute atomic E-state index is 0.312. The van der Waals surface area contributed by atoms with Gasteiger partial charge in [0.25, 0.3) is 5.91 Å². The van der Waals surface area contributed by atoms with E-state index in [0.717, 1.165) is 0 Å². The maximum atomic E-state index is 12.4. The van der Waals surface area contributed by atoms with Crippen molar-refractivity contribution in [2.75, 3.05) is 24.9 Å². The number of anilines is 3. The number of nitrogens with one attached hydrogen (secondary N) is 2. The van der Waals surface area contributed by atoms with Crippen LogP contribution in [0.3, 0.4) is 0 Å². The van der Waals surface area contributed by atoms with Gasteiger partial charge in [0, 0.05) is 18.0 Å². The molecule has 3 rings (SSSR count). The molecule has 0 fully saturated rings. The third kappa shape index (κ3) is 4.37. The maximum absolute atomic E-state index is 12.4. The summed E-state index contributed by atoms with van der Waals surface area (Å²) in [5, 5.41) is 14.8. The van der Waals surface area contributed by atoms with E-state index >= 15 is 0 Å². The number of methoxy groups -OCH3 is 2. The number of benzene rings is 2. The van der Waals surface area contributed by atoms with Gasteiger partial charge in [-0.2, -0.15) is 5.26 Å². The molecule has 0 aliphatic carbocycles. The average molecular weight is 374 g/mol. The summed E-state index contributed by atoms with van der Waals surface area (Å²) in [6.45, 7) is 0. The molecule has 0 unspecified atom stereocenters. The van der Waals surface area contributed by atoms with Gasteiger partial charge in [0.2, 0.25) is 0 Å². The number of hydrogen-bond donors (Lipinski definition) is 2. The number of carbonyl (C=O) groups is 1. The molecule has 2 aromatic carbocycles. The molecule has 0 atom stereocenters. The average Bonchev–Trinajstić information content (AvgIpc) is 2.74. The number of nitrogens with zero attached hydrogens (tertiary/aromatic N) is 2. The van der Waals surface area contributed by atoms with Crippen LogP contribution in [-0.4, -0.2) is 25.1 Å². The molecular weight excluding hydrogens is 356 g/mol. The number of carbonyl (C=O) groups excluding carboxylic acids is 1. The first-order valence-electron chi connectivity index (χ1n) is 8.39. The molecule has 1 heterocycles. The van der Waals surface area contributed by atoms with Crippen LogP contribution >= 0.6 is 0 Å². The smallest absolute Gasteiger partial charge is 0.257 e. The van der Waals surface area contributed by atoms with E-state index in [1.54, 1.807) is 68.8 Å². The third-order valence-electron chi connectivity index (χ3n) is 3.94. The lowest BCUT2D eigenvalue weighted by molar-refractivity contribution is 0.102. The van der Waals surface area contributed by atoms with Crippen molar-refractivity contribution in [2.24, 2.45) is 0 Å². The van der Waals surface area contributed by atoms with Crippen molar-refractivity contribution in [2.45, 2.75) is 0 Å². The van der Waals surface area contributed by atoms with Crippen molar-refractivity contribution < 1.29 is 14.3 Å². The van der Waals surface area contributed by atoms with Crippen LogP contribution in [0.15, 0.2) is 60.8 Å². The van der Waals surface area contributed by atoms with E-state index in [4.69, 9.17) is 14.7 Å².